The number of rotatable bonds is 5. The lowest BCUT2D eigenvalue weighted by atomic mass is 9.71. The third kappa shape index (κ3) is 3.57. The highest BCUT2D eigenvalue weighted by Crippen LogP contribution is 2.42. The van der Waals surface area contributed by atoms with Crippen molar-refractivity contribution in [3.8, 4) is 5.75 Å². The number of likely N-dealkylation sites (N-methyl/N-ethyl adjacent to an activating group) is 1. The Hall–Kier alpha value is -1.10. The van der Waals surface area contributed by atoms with Crippen molar-refractivity contribution < 1.29 is 14.9 Å². The van der Waals surface area contributed by atoms with Crippen LogP contribution in [0.25, 0.3) is 0 Å². The third-order valence-electron chi connectivity index (χ3n) is 4.60. The molecule has 1 aliphatic carbocycles. The second-order valence-electron chi connectivity index (χ2n) is 6.29. The summed E-state index contributed by atoms with van der Waals surface area (Å²) in [5, 5.41) is 21.7. The molecule has 2 atom stereocenters. The smallest absolute Gasteiger partial charge is 0.118 e. The molecule has 21 heavy (non-hydrogen) atoms. The van der Waals surface area contributed by atoms with Gasteiger partial charge in [0.05, 0.1) is 18.6 Å². The second-order valence-corrected chi connectivity index (χ2v) is 6.29. The van der Waals surface area contributed by atoms with E-state index in [2.05, 4.69) is 0 Å². The van der Waals surface area contributed by atoms with Crippen molar-refractivity contribution in [3.05, 3.63) is 29.8 Å². The van der Waals surface area contributed by atoms with E-state index in [4.69, 9.17) is 4.74 Å². The van der Waals surface area contributed by atoms with Crippen molar-refractivity contribution in [2.75, 3.05) is 21.2 Å². The summed E-state index contributed by atoms with van der Waals surface area (Å²) >= 11 is 0. The number of nitrogens with zero attached hydrogens (tertiary/aromatic N) is 1. The predicted octanol–water partition coefficient (Wildman–Crippen LogP) is 2.35. The molecule has 1 aromatic carbocycles. The SMILES string of the molecule is COc1ccc(C(C(O)N(C)C)C2(O)CCCCC2)cc1. The summed E-state index contributed by atoms with van der Waals surface area (Å²) in [6, 6.07) is 7.67. The molecule has 2 N–H and O–H groups in total. The first-order valence-electron chi connectivity index (χ1n) is 7.69. The number of ether oxygens (including phenoxy) is 1. The van der Waals surface area contributed by atoms with Crippen molar-refractivity contribution >= 4 is 0 Å². The minimum Gasteiger partial charge on any atom is -0.497 e. The zero-order chi connectivity index (χ0) is 15.5. The molecule has 118 valence electrons. The maximum Gasteiger partial charge on any atom is 0.118 e. The molecule has 0 saturated heterocycles. The highest BCUT2D eigenvalue weighted by molar-refractivity contribution is 5.32. The van der Waals surface area contributed by atoms with Crippen LogP contribution in [0, 0.1) is 0 Å². The van der Waals surface area contributed by atoms with Crippen molar-refractivity contribution in [2.24, 2.45) is 0 Å². The topological polar surface area (TPSA) is 52.9 Å². The average molecular weight is 293 g/mol. The molecule has 1 fully saturated rings. The van der Waals surface area contributed by atoms with Crippen LogP contribution in [0.1, 0.15) is 43.6 Å². The van der Waals surface area contributed by atoms with Gasteiger partial charge in [0.25, 0.3) is 0 Å². The van der Waals surface area contributed by atoms with Crippen LogP contribution < -0.4 is 4.74 Å². The lowest BCUT2D eigenvalue weighted by Crippen LogP contribution is -2.48. The zero-order valence-electron chi connectivity index (χ0n) is 13.2. The molecule has 0 aromatic heterocycles. The molecule has 4 nitrogen and oxygen atoms in total. The average Bonchev–Trinajstić information content (AvgIpc) is 2.48. The van der Waals surface area contributed by atoms with Crippen molar-refractivity contribution in [1.82, 2.24) is 4.90 Å². The molecule has 2 rings (SSSR count). The minimum atomic E-state index is -0.837. The van der Waals surface area contributed by atoms with Gasteiger partial charge in [0.15, 0.2) is 0 Å². The first-order chi connectivity index (χ1) is 9.98. The first kappa shape index (κ1) is 16.3. The van der Waals surface area contributed by atoms with E-state index in [0.717, 1.165) is 43.4 Å². The Morgan fingerprint density at radius 1 is 1.10 bits per heavy atom. The molecule has 0 spiro atoms. The van der Waals surface area contributed by atoms with Crippen LogP contribution in [0.3, 0.4) is 0 Å². The highest BCUT2D eigenvalue weighted by atomic mass is 16.5. The summed E-state index contributed by atoms with van der Waals surface area (Å²) in [6.45, 7) is 0. The van der Waals surface area contributed by atoms with Crippen LogP contribution in [-0.4, -0.2) is 48.1 Å². The lowest BCUT2D eigenvalue weighted by Gasteiger charge is -2.43. The Morgan fingerprint density at radius 3 is 2.14 bits per heavy atom. The van der Waals surface area contributed by atoms with E-state index in [1.165, 1.54) is 0 Å². The van der Waals surface area contributed by atoms with Gasteiger partial charge in [-0.05, 0) is 44.6 Å². The van der Waals surface area contributed by atoms with E-state index in [0.29, 0.717) is 0 Å². The molecule has 0 aliphatic heterocycles. The largest absolute Gasteiger partial charge is 0.497 e. The maximum absolute atomic E-state index is 11.1. The Labute approximate surface area is 127 Å². The Kier molecular flexibility index (Phi) is 5.25. The van der Waals surface area contributed by atoms with Gasteiger partial charge >= 0.3 is 0 Å². The highest BCUT2D eigenvalue weighted by Gasteiger charge is 2.43. The number of methoxy groups -OCH3 is 1. The standard InChI is InChI=1S/C17H27NO3/c1-18(2)16(19)15(17(20)11-5-4-6-12-17)13-7-9-14(21-3)10-8-13/h7-10,15-16,19-20H,4-6,11-12H2,1-3H3. The molecule has 1 aromatic rings. The Balaban J connectivity index is 2.34. The second kappa shape index (κ2) is 6.77. The molecule has 0 heterocycles. The number of hydrogen-bond acceptors (Lipinski definition) is 4. The molecule has 2 unspecified atom stereocenters. The zero-order valence-corrected chi connectivity index (χ0v) is 13.2. The van der Waals surface area contributed by atoms with Crippen LogP contribution in [0.2, 0.25) is 0 Å². The summed E-state index contributed by atoms with van der Waals surface area (Å²) < 4.78 is 5.19. The maximum atomic E-state index is 11.1. The fraction of sp³-hybridized carbons (Fsp3) is 0.647. The summed E-state index contributed by atoms with van der Waals surface area (Å²) in [5.41, 5.74) is 0.123. The van der Waals surface area contributed by atoms with E-state index in [1.807, 2.05) is 38.4 Å². The van der Waals surface area contributed by atoms with Crippen molar-refractivity contribution in [2.45, 2.75) is 49.9 Å². The Morgan fingerprint density at radius 2 is 1.67 bits per heavy atom. The van der Waals surface area contributed by atoms with Gasteiger partial charge < -0.3 is 14.9 Å². The summed E-state index contributed by atoms with van der Waals surface area (Å²) in [6.07, 6.45) is 3.98. The van der Waals surface area contributed by atoms with E-state index >= 15 is 0 Å². The van der Waals surface area contributed by atoms with E-state index in [9.17, 15) is 10.2 Å². The Bertz CT molecular complexity index is 438. The van der Waals surface area contributed by atoms with Gasteiger partial charge in [0.2, 0.25) is 0 Å². The van der Waals surface area contributed by atoms with Gasteiger partial charge in [-0.1, -0.05) is 31.4 Å². The fourth-order valence-corrected chi connectivity index (χ4v) is 3.34. The monoisotopic (exact) mass is 293 g/mol. The van der Waals surface area contributed by atoms with Crippen LogP contribution in [0.15, 0.2) is 24.3 Å². The molecule has 0 radical (unpaired) electrons. The number of aliphatic hydroxyl groups is 2. The van der Waals surface area contributed by atoms with Gasteiger partial charge in [0, 0.05) is 0 Å². The van der Waals surface area contributed by atoms with Gasteiger partial charge in [-0.25, -0.2) is 0 Å². The van der Waals surface area contributed by atoms with Gasteiger partial charge in [-0.3, -0.25) is 4.90 Å². The minimum absolute atomic E-state index is 0.307. The molecule has 1 aliphatic rings. The van der Waals surface area contributed by atoms with Crippen LogP contribution >= 0.6 is 0 Å². The summed E-state index contributed by atoms with van der Waals surface area (Å²) in [7, 11) is 5.32. The molecular formula is C17H27NO3. The molecule has 4 heteroatoms. The van der Waals surface area contributed by atoms with Crippen LogP contribution in [0.5, 0.6) is 5.75 Å². The van der Waals surface area contributed by atoms with E-state index in [-0.39, 0.29) is 5.92 Å². The third-order valence-corrected chi connectivity index (χ3v) is 4.60. The fourth-order valence-electron chi connectivity index (χ4n) is 3.34. The van der Waals surface area contributed by atoms with Crippen LogP contribution in [0.4, 0.5) is 0 Å². The van der Waals surface area contributed by atoms with Crippen molar-refractivity contribution in [3.63, 3.8) is 0 Å². The summed E-state index contributed by atoms with van der Waals surface area (Å²) in [5.74, 6) is 0.478. The molecule has 0 bridgehead atoms. The van der Waals surface area contributed by atoms with Gasteiger partial charge in [-0.2, -0.15) is 0 Å². The van der Waals surface area contributed by atoms with E-state index in [1.54, 1.807) is 12.0 Å². The molecule has 1 saturated carbocycles. The van der Waals surface area contributed by atoms with Crippen molar-refractivity contribution in [1.29, 1.82) is 0 Å². The first-order valence-corrected chi connectivity index (χ1v) is 7.69. The number of hydrogen-bond donors (Lipinski definition) is 2. The molecular weight excluding hydrogens is 266 g/mol. The van der Waals surface area contributed by atoms with Gasteiger partial charge in [-0.15, -0.1) is 0 Å². The molecule has 0 amide bonds. The van der Waals surface area contributed by atoms with E-state index < -0.39 is 11.8 Å². The number of benzene rings is 1. The quantitative estimate of drug-likeness (QED) is 0.818. The van der Waals surface area contributed by atoms with Gasteiger partial charge in [0.1, 0.15) is 12.0 Å². The normalized spacial score (nSPS) is 21.0. The van der Waals surface area contributed by atoms with Crippen LogP contribution in [-0.2, 0) is 0 Å². The lowest BCUT2D eigenvalue weighted by molar-refractivity contribution is -0.0965. The predicted molar refractivity (Wildman–Crippen MR) is 83.5 cm³/mol. The number of aliphatic hydroxyl groups excluding tert-OH is 1. The summed E-state index contributed by atoms with van der Waals surface area (Å²) in [4.78, 5) is 1.77.